The van der Waals surface area contributed by atoms with Crippen LogP contribution in [0.4, 0.5) is 0 Å². The van der Waals surface area contributed by atoms with Crippen molar-refractivity contribution < 1.29 is 8.42 Å². The first kappa shape index (κ1) is 15.9. The lowest BCUT2D eigenvalue weighted by Crippen LogP contribution is -2.34. The van der Waals surface area contributed by atoms with E-state index in [4.69, 9.17) is 0 Å². The second-order valence-corrected chi connectivity index (χ2v) is 7.90. The maximum Gasteiger partial charge on any atom is 0.213 e. The minimum Gasteiger partial charge on any atom is -0.314 e. The molecule has 0 heterocycles. The second-order valence-electron chi connectivity index (χ2n) is 5.71. The molecule has 0 amide bonds. The Morgan fingerprint density at radius 2 is 1.89 bits per heavy atom. The Labute approximate surface area is 112 Å². The summed E-state index contributed by atoms with van der Waals surface area (Å²) >= 11 is 0. The normalized spacial score (nSPS) is 18.1. The summed E-state index contributed by atoms with van der Waals surface area (Å²) in [6, 6.07) is 0.420. The van der Waals surface area contributed by atoms with Crippen molar-refractivity contribution >= 4 is 10.0 Å². The summed E-state index contributed by atoms with van der Waals surface area (Å²) in [6.45, 7) is 5.62. The Hall–Kier alpha value is -0.130. The standard InChI is InChI=1S/C13H28N2O2S/c1-12(2)14-9-6-10-18(16,17)15(3)11-13-7-4-5-8-13/h12-14H,4-11H2,1-3H3. The summed E-state index contributed by atoms with van der Waals surface area (Å²) in [4.78, 5) is 0. The maximum absolute atomic E-state index is 12.1. The average molecular weight is 276 g/mol. The molecule has 0 aliphatic heterocycles. The highest BCUT2D eigenvalue weighted by molar-refractivity contribution is 7.89. The van der Waals surface area contributed by atoms with Gasteiger partial charge in [-0.2, -0.15) is 0 Å². The van der Waals surface area contributed by atoms with E-state index in [0.717, 1.165) is 6.54 Å². The van der Waals surface area contributed by atoms with Gasteiger partial charge in [-0.1, -0.05) is 26.7 Å². The molecule has 4 nitrogen and oxygen atoms in total. The fraction of sp³-hybridized carbons (Fsp3) is 1.00. The highest BCUT2D eigenvalue weighted by Crippen LogP contribution is 2.25. The molecular weight excluding hydrogens is 248 g/mol. The van der Waals surface area contributed by atoms with Crippen LogP contribution in [0.5, 0.6) is 0 Å². The topological polar surface area (TPSA) is 49.4 Å². The Morgan fingerprint density at radius 1 is 1.28 bits per heavy atom. The molecule has 0 bridgehead atoms. The number of hydrogen-bond donors (Lipinski definition) is 1. The van der Waals surface area contributed by atoms with Crippen LogP contribution < -0.4 is 5.32 Å². The van der Waals surface area contributed by atoms with Crippen molar-refractivity contribution in [2.75, 3.05) is 25.9 Å². The fourth-order valence-corrected chi connectivity index (χ4v) is 3.73. The van der Waals surface area contributed by atoms with Crippen LogP contribution in [0.1, 0.15) is 46.0 Å². The Kier molecular flexibility index (Phi) is 6.60. The Balaban J connectivity index is 2.28. The number of rotatable bonds is 8. The first-order valence-corrected chi connectivity index (χ1v) is 8.70. The molecule has 108 valence electrons. The molecule has 1 aliphatic rings. The molecule has 0 atom stereocenters. The summed E-state index contributed by atoms with van der Waals surface area (Å²) in [5, 5.41) is 3.25. The van der Waals surface area contributed by atoms with Crippen LogP contribution in [0.15, 0.2) is 0 Å². The predicted molar refractivity (Wildman–Crippen MR) is 76.1 cm³/mol. The van der Waals surface area contributed by atoms with E-state index in [0.29, 0.717) is 24.9 Å². The zero-order chi connectivity index (χ0) is 13.6. The summed E-state index contributed by atoms with van der Waals surface area (Å²) in [7, 11) is -1.33. The molecule has 1 rings (SSSR count). The van der Waals surface area contributed by atoms with E-state index in [1.165, 1.54) is 25.7 Å². The van der Waals surface area contributed by atoms with Gasteiger partial charge in [0.15, 0.2) is 0 Å². The van der Waals surface area contributed by atoms with E-state index in [1.54, 1.807) is 11.4 Å². The van der Waals surface area contributed by atoms with Crippen LogP contribution in [0.25, 0.3) is 0 Å². The minimum atomic E-state index is -3.05. The third kappa shape index (κ3) is 5.67. The molecule has 1 N–H and O–H groups in total. The van der Waals surface area contributed by atoms with Crippen molar-refractivity contribution in [1.82, 2.24) is 9.62 Å². The van der Waals surface area contributed by atoms with Crippen molar-refractivity contribution in [3.05, 3.63) is 0 Å². The van der Waals surface area contributed by atoms with Gasteiger partial charge in [0.2, 0.25) is 10.0 Å². The van der Waals surface area contributed by atoms with Crippen LogP contribution >= 0.6 is 0 Å². The summed E-state index contributed by atoms with van der Waals surface area (Å²) in [6.07, 6.45) is 5.59. The fourth-order valence-electron chi connectivity index (χ4n) is 2.47. The molecule has 1 saturated carbocycles. The molecular formula is C13H28N2O2S. The molecule has 0 unspecified atom stereocenters. The molecule has 0 aromatic rings. The van der Waals surface area contributed by atoms with Crippen LogP contribution in [0.2, 0.25) is 0 Å². The Bertz CT molecular complexity index is 322. The lowest BCUT2D eigenvalue weighted by Gasteiger charge is -2.20. The van der Waals surface area contributed by atoms with Gasteiger partial charge >= 0.3 is 0 Å². The second kappa shape index (κ2) is 7.46. The molecule has 1 fully saturated rings. The summed E-state index contributed by atoms with van der Waals surface area (Å²) < 4.78 is 25.7. The lowest BCUT2D eigenvalue weighted by atomic mass is 10.1. The van der Waals surface area contributed by atoms with Crippen LogP contribution in [0, 0.1) is 5.92 Å². The van der Waals surface area contributed by atoms with E-state index in [1.807, 2.05) is 0 Å². The number of sulfonamides is 1. The molecule has 0 radical (unpaired) electrons. The summed E-state index contributed by atoms with van der Waals surface area (Å²) in [5.74, 6) is 0.842. The molecule has 0 spiro atoms. The van der Waals surface area contributed by atoms with Gasteiger partial charge in [-0.25, -0.2) is 12.7 Å². The number of nitrogens with zero attached hydrogens (tertiary/aromatic N) is 1. The zero-order valence-corrected chi connectivity index (χ0v) is 12.8. The van der Waals surface area contributed by atoms with Gasteiger partial charge in [0.25, 0.3) is 0 Å². The minimum absolute atomic E-state index is 0.260. The van der Waals surface area contributed by atoms with E-state index < -0.39 is 10.0 Å². The van der Waals surface area contributed by atoms with Crippen molar-refractivity contribution in [3.63, 3.8) is 0 Å². The highest BCUT2D eigenvalue weighted by atomic mass is 32.2. The van der Waals surface area contributed by atoms with Gasteiger partial charge in [0.05, 0.1) is 5.75 Å². The molecule has 1 aliphatic carbocycles. The first-order valence-electron chi connectivity index (χ1n) is 7.09. The van der Waals surface area contributed by atoms with Crippen molar-refractivity contribution in [2.45, 2.75) is 52.0 Å². The monoisotopic (exact) mass is 276 g/mol. The van der Waals surface area contributed by atoms with Gasteiger partial charge in [-0.3, -0.25) is 0 Å². The third-order valence-corrected chi connectivity index (χ3v) is 5.50. The smallest absolute Gasteiger partial charge is 0.213 e. The quantitative estimate of drug-likeness (QED) is 0.688. The van der Waals surface area contributed by atoms with E-state index >= 15 is 0 Å². The Morgan fingerprint density at radius 3 is 2.44 bits per heavy atom. The largest absolute Gasteiger partial charge is 0.314 e. The maximum atomic E-state index is 12.1. The summed E-state index contributed by atoms with van der Waals surface area (Å²) in [5.41, 5.74) is 0. The number of hydrogen-bond acceptors (Lipinski definition) is 3. The highest BCUT2D eigenvalue weighted by Gasteiger charge is 2.23. The first-order chi connectivity index (χ1) is 8.42. The SMILES string of the molecule is CC(C)NCCCS(=O)(=O)N(C)CC1CCCC1. The van der Waals surface area contributed by atoms with Gasteiger partial charge in [0.1, 0.15) is 0 Å². The van der Waals surface area contributed by atoms with Gasteiger partial charge in [-0.05, 0) is 31.7 Å². The number of nitrogens with one attached hydrogen (secondary N) is 1. The van der Waals surface area contributed by atoms with Crippen LogP contribution in [-0.4, -0.2) is 44.7 Å². The van der Waals surface area contributed by atoms with E-state index in [2.05, 4.69) is 19.2 Å². The van der Waals surface area contributed by atoms with Gasteiger partial charge < -0.3 is 5.32 Å². The third-order valence-electron chi connectivity index (χ3n) is 3.60. The lowest BCUT2D eigenvalue weighted by molar-refractivity contribution is 0.386. The zero-order valence-electron chi connectivity index (χ0n) is 12.0. The molecule has 0 aromatic heterocycles. The predicted octanol–water partition coefficient (Wildman–Crippen LogP) is 1.83. The average Bonchev–Trinajstić information content (AvgIpc) is 2.77. The van der Waals surface area contributed by atoms with Crippen LogP contribution in [0.3, 0.4) is 0 Å². The molecule has 5 heteroatoms. The molecule has 0 saturated heterocycles. The van der Waals surface area contributed by atoms with Gasteiger partial charge in [0, 0.05) is 19.6 Å². The van der Waals surface area contributed by atoms with Crippen LogP contribution in [-0.2, 0) is 10.0 Å². The van der Waals surface area contributed by atoms with Crippen molar-refractivity contribution in [2.24, 2.45) is 5.92 Å². The van der Waals surface area contributed by atoms with E-state index in [9.17, 15) is 8.42 Å². The molecule has 18 heavy (non-hydrogen) atoms. The molecule has 0 aromatic carbocycles. The van der Waals surface area contributed by atoms with E-state index in [-0.39, 0.29) is 5.75 Å². The van der Waals surface area contributed by atoms with Crippen molar-refractivity contribution in [1.29, 1.82) is 0 Å². The van der Waals surface area contributed by atoms with Crippen molar-refractivity contribution in [3.8, 4) is 0 Å². The van der Waals surface area contributed by atoms with Gasteiger partial charge in [-0.15, -0.1) is 0 Å².